The van der Waals surface area contributed by atoms with Gasteiger partial charge in [0.2, 0.25) is 0 Å². The summed E-state index contributed by atoms with van der Waals surface area (Å²) >= 11 is 1.90. The second kappa shape index (κ2) is 10.3. The summed E-state index contributed by atoms with van der Waals surface area (Å²) in [5, 5.41) is 6.12. The second-order valence-electron chi connectivity index (χ2n) is 7.43. The molecule has 2 amide bonds. The van der Waals surface area contributed by atoms with Crippen LogP contribution in [0.1, 0.15) is 38.2 Å². The van der Waals surface area contributed by atoms with Crippen molar-refractivity contribution < 1.29 is 14.3 Å². The molecule has 29 heavy (non-hydrogen) atoms. The minimum atomic E-state index is -0.654. The van der Waals surface area contributed by atoms with Gasteiger partial charge in [-0.15, -0.1) is 11.8 Å². The molecule has 0 spiro atoms. The molecular weight excluding hydrogens is 384 g/mol. The van der Waals surface area contributed by atoms with E-state index in [1.165, 1.54) is 30.6 Å². The number of thioether (sulfide) groups is 1. The molecule has 1 unspecified atom stereocenters. The number of ether oxygens (including phenoxy) is 1. The van der Waals surface area contributed by atoms with Crippen molar-refractivity contribution in [2.75, 3.05) is 12.4 Å². The van der Waals surface area contributed by atoms with Crippen LogP contribution in [0.5, 0.6) is 5.75 Å². The van der Waals surface area contributed by atoms with Gasteiger partial charge in [0.1, 0.15) is 5.75 Å². The number of nitrogens with one attached hydrogen (secondary N) is 2. The molecule has 2 aromatic rings. The zero-order valence-electron chi connectivity index (χ0n) is 16.9. The van der Waals surface area contributed by atoms with Crippen LogP contribution in [0.3, 0.4) is 0 Å². The average molecular weight is 413 g/mol. The van der Waals surface area contributed by atoms with E-state index in [0.717, 1.165) is 11.3 Å². The van der Waals surface area contributed by atoms with Crippen LogP contribution in [-0.4, -0.2) is 30.2 Å². The van der Waals surface area contributed by atoms with E-state index in [1.54, 1.807) is 7.11 Å². The van der Waals surface area contributed by atoms with Gasteiger partial charge in [0.25, 0.3) is 0 Å². The molecule has 1 fully saturated rings. The maximum Gasteiger partial charge on any atom is 0.313 e. The summed E-state index contributed by atoms with van der Waals surface area (Å²) in [6.07, 6.45) is 5.80. The van der Waals surface area contributed by atoms with E-state index in [2.05, 4.69) is 10.6 Å². The Morgan fingerprint density at radius 1 is 1.10 bits per heavy atom. The van der Waals surface area contributed by atoms with Gasteiger partial charge in [-0.1, -0.05) is 25.0 Å². The van der Waals surface area contributed by atoms with Gasteiger partial charge in [-0.05, 0) is 68.1 Å². The van der Waals surface area contributed by atoms with Crippen molar-refractivity contribution in [3.05, 3.63) is 54.1 Å². The van der Waals surface area contributed by atoms with Gasteiger partial charge >= 0.3 is 11.8 Å². The first kappa shape index (κ1) is 21.2. The fourth-order valence-corrected chi connectivity index (χ4v) is 4.74. The molecule has 1 saturated carbocycles. The monoisotopic (exact) mass is 412 g/mol. The number of carbonyl (C=O) groups is 2. The highest BCUT2D eigenvalue weighted by Gasteiger charge is 2.18. The quantitative estimate of drug-likeness (QED) is 0.661. The molecule has 0 bridgehead atoms. The summed E-state index contributed by atoms with van der Waals surface area (Å²) in [5.41, 5.74) is 1.66. The Hall–Kier alpha value is -2.47. The number of benzene rings is 2. The zero-order valence-corrected chi connectivity index (χ0v) is 17.8. The Balaban J connectivity index is 1.47. The van der Waals surface area contributed by atoms with Crippen LogP contribution >= 0.6 is 11.8 Å². The molecule has 0 aromatic heterocycles. The summed E-state index contributed by atoms with van der Waals surface area (Å²) < 4.78 is 5.21. The maximum atomic E-state index is 12.2. The second-order valence-corrected chi connectivity index (χ2v) is 8.81. The number of hydrogen-bond donors (Lipinski definition) is 2. The SMILES string of the molecule is COc1cccc(CC(C)NC(=O)C(=O)Nc2ccc(SC3CCCC3)cc2)c1. The van der Waals surface area contributed by atoms with Crippen LogP contribution in [-0.2, 0) is 16.0 Å². The molecule has 1 atom stereocenters. The smallest absolute Gasteiger partial charge is 0.313 e. The molecule has 0 heterocycles. The molecule has 5 nitrogen and oxygen atoms in total. The van der Waals surface area contributed by atoms with Gasteiger partial charge in [0.15, 0.2) is 0 Å². The van der Waals surface area contributed by atoms with E-state index < -0.39 is 11.8 Å². The standard InChI is InChI=1S/C23H28N2O3S/c1-16(14-17-6-5-7-19(15-17)28-2)24-22(26)23(27)25-18-10-12-21(13-11-18)29-20-8-3-4-9-20/h5-7,10-13,15-16,20H,3-4,8-9,14H2,1-2H3,(H,24,26)(H,25,27). The minimum Gasteiger partial charge on any atom is -0.497 e. The largest absolute Gasteiger partial charge is 0.497 e. The average Bonchev–Trinajstić information content (AvgIpc) is 3.22. The molecule has 1 aliphatic carbocycles. The van der Waals surface area contributed by atoms with Crippen LogP contribution in [0.4, 0.5) is 5.69 Å². The molecule has 2 aromatic carbocycles. The van der Waals surface area contributed by atoms with Crippen molar-refractivity contribution in [2.24, 2.45) is 0 Å². The van der Waals surface area contributed by atoms with Gasteiger partial charge in [0.05, 0.1) is 7.11 Å². The summed E-state index contributed by atoms with van der Waals surface area (Å²) in [6, 6.07) is 15.2. The highest BCUT2D eigenvalue weighted by atomic mass is 32.2. The number of carbonyl (C=O) groups excluding carboxylic acids is 2. The number of amides is 2. The molecule has 6 heteroatoms. The van der Waals surface area contributed by atoms with Crippen molar-refractivity contribution in [2.45, 2.75) is 55.2 Å². The number of hydrogen-bond acceptors (Lipinski definition) is 4. The minimum absolute atomic E-state index is 0.175. The molecule has 3 rings (SSSR count). The third-order valence-corrected chi connectivity index (χ3v) is 6.33. The van der Waals surface area contributed by atoms with Crippen molar-refractivity contribution in [3.63, 3.8) is 0 Å². The fourth-order valence-electron chi connectivity index (χ4n) is 3.50. The summed E-state index contributed by atoms with van der Waals surface area (Å²) in [6.45, 7) is 1.87. The molecule has 0 radical (unpaired) electrons. The van der Waals surface area contributed by atoms with Gasteiger partial charge < -0.3 is 15.4 Å². The first-order valence-corrected chi connectivity index (χ1v) is 10.9. The Morgan fingerprint density at radius 2 is 1.83 bits per heavy atom. The first-order chi connectivity index (χ1) is 14.0. The summed E-state index contributed by atoms with van der Waals surface area (Å²) in [5.74, 6) is -0.517. The lowest BCUT2D eigenvalue weighted by atomic mass is 10.1. The molecule has 1 aliphatic rings. The molecular formula is C23H28N2O3S. The number of anilines is 1. The predicted octanol–water partition coefficient (Wildman–Crippen LogP) is 4.42. The van der Waals surface area contributed by atoms with E-state index in [4.69, 9.17) is 4.74 Å². The van der Waals surface area contributed by atoms with Crippen LogP contribution < -0.4 is 15.4 Å². The third kappa shape index (κ3) is 6.53. The van der Waals surface area contributed by atoms with E-state index in [9.17, 15) is 9.59 Å². The maximum absolute atomic E-state index is 12.2. The van der Waals surface area contributed by atoms with Crippen molar-refractivity contribution in [3.8, 4) is 5.75 Å². The van der Waals surface area contributed by atoms with E-state index >= 15 is 0 Å². The first-order valence-electron chi connectivity index (χ1n) is 10.0. The Kier molecular flexibility index (Phi) is 7.58. The molecule has 0 aliphatic heterocycles. The van der Waals surface area contributed by atoms with Crippen LogP contribution in [0.25, 0.3) is 0 Å². The zero-order chi connectivity index (χ0) is 20.6. The van der Waals surface area contributed by atoms with Crippen LogP contribution in [0.2, 0.25) is 0 Å². The predicted molar refractivity (Wildman–Crippen MR) is 117 cm³/mol. The lowest BCUT2D eigenvalue weighted by Crippen LogP contribution is -2.41. The molecule has 2 N–H and O–H groups in total. The van der Waals surface area contributed by atoms with Gasteiger partial charge in [-0.25, -0.2) is 0 Å². The summed E-state index contributed by atoms with van der Waals surface area (Å²) in [4.78, 5) is 25.6. The van der Waals surface area contributed by atoms with E-state index in [1.807, 2.05) is 67.2 Å². The topological polar surface area (TPSA) is 67.4 Å². The molecule has 154 valence electrons. The lowest BCUT2D eigenvalue weighted by molar-refractivity contribution is -0.136. The van der Waals surface area contributed by atoms with E-state index in [-0.39, 0.29) is 6.04 Å². The lowest BCUT2D eigenvalue weighted by Gasteiger charge is -2.14. The Morgan fingerprint density at radius 3 is 2.52 bits per heavy atom. The number of methoxy groups -OCH3 is 1. The van der Waals surface area contributed by atoms with Crippen LogP contribution in [0, 0.1) is 0 Å². The fraction of sp³-hybridized carbons (Fsp3) is 0.391. The summed E-state index contributed by atoms with van der Waals surface area (Å²) in [7, 11) is 1.62. The van der Waals surface area contributed by atoms with Gasteiger partial charge in [0, 0.05) is 21.9 Å². The highest BCUT2D eigenvalue weighted by molar-refractivity contribution is 8.00. The normalized spacial score (nSPS) is 15.0. The number of rotatable bonds is 7. The van der Waals surface area contributed by atoms with Crippen molar-refractivity contribution in [1.82, 2.24) is 5.32 Å². The van der Waals surface area contributed by atoms with Gasteiger partial charge in [-0.3, -0.25) is 9.59 Å². The van der Waals surface area contributed by atoms with Gasteiger partial charge in [-0.2, -0.15) is 0 Å². The van der Waals surface area contributed by atoms with Crippen molar-refractivity contribution >= 4 is 29.3 Å². The third-order valence-electron chi connectivity index (χ3n) is 4.98. The van der Waals surface area contributed by atoms with Crippen LogP contribution in [0.15, 0.2) is 53.4 Å². The van der Waals surface area contributed by atoms with Crippen molar-refractivity contribution in [1.29, 1.82) is 0 Å². The molecule has 0 saturated heterocycles. The Labute approximate surface area is 176 Å². The Bertz CT molecular complexity index is 832. The van der Waals surface area contributed by atoms with E-state index in [0.29, 0.717) is 17.4 Å². The highest BCUT2D eigenvalue weighted by Crippen LogP contribution is 2.34.